The Labute approximate surface area is 169 Å². The van der Waals surface area contributed by atoms with Crippen molar-refractivity contribution in [1.29, 1.82) is 0 Å². The topological polar surface area (TPSA) is 43.6 Å². The van der Waals surface area contributed by atoms with Gasteiger partial charge in [-0.25, -0.2) is 15.8 Å². The number of benzene rings is 1. The van der Waals surface area contributed by atoms with Gasteiger partial charge in [0, 0.05) is 0 Å². The normalized spacial score (nSPS) is 11.9. The largest absolute Gasteiger partial charge is 4.00 e. The minimum absolute atomic E-state index is 0. The van der Waals surface area contributed by atoms with Crippen LogP contribution in [-0.4, -0.2) is 20.2 Å². The first kappa shape index (κ1) is 22.7. The summed E-state index contributed by atoms with van der Waals surface area (Å²) in [5.74, 6) is 0. The molecule has 1 aliphatic carbocycles. The molecule has 0 N–H and O–H groups in total. The van der Waals surface area contributed by atoms with Crippen LogP contribution >= 0.6 is 0 Å². The van der Waals surface area contributed by atoms with Crippen LogP contribution in [0.5, 0.6) is 0 Å². The van der Waals surface area contributed by atoms with Crippen LogP contribution in [0.3, 0.4) is 0 Å². The molecule has 0 spiro atoms. The van der Waals surface area contributed by atoms with E-state index in [0.29, 0.717) is 0 Å². The van der Waals surface area contributed by atoms with E-state index < -0.39 is 0 Å². The van der Waals surface area contributed by atoms with E-state index in [2.05, 4.69) is 65.8 Å². The predicted octanol–water partition coefficient (Wildman–Crippen LogP) is -2.37. The zero-order valence-electron chi connectivity index (χ0n) is 13.4. The second kappa shape index (κ2) is 10.5. The molecule has 7 heteroatoms. The fraction of sp³-hybridized carbons (Fsp3) is 0.176. The van der Waals surface area contributed by atoms with E-state index in [1.165, 1.54) is 21.9 Å². The molecule has 4 rings (SSSR count). The second-order valence-corrected chi connectivity index (χ2v) is 4.99. The van der Waals surface area contributed by atoms with E-state index in [1.54, 1.807) is 11.0 Å². The van der Waals surface area contributed by atoms with Crippen molar-refractivity contribution in [2.24, 2.45) is 0 Å². The first-order valence-corrected chi connectivity index (χ1v) is 6.87. The van der Waals surface area contributed by atoms with Crippen molar-refractivity contribution in [3.63, 3.8) is 0 Å². The van der Waals surface area contributed by atoms with E-state index in [0.717, 1.165) is 12.1 Å². The van der Waals surface area contributed by atoms with Gasteiger partial charge in [0.25, 0.3) is 0 Å². The van der Waals surface area contributed by atoms with Gasteiger partial charge < -0.3 is 24.8 Å². The van der Waals surface area contributed by atoms with Gasteiger partial charge in [-0.05, 0) is 16.1 Å². The molecule has 0 radical (unpaired) electrons. The number of hydrogen-bond acceptors (Lipinski definition) is 3. The quantitative estimate of drug-likeness (QED) is 0.342. The van der Waals surface area contributed by atoms with Crippen LogP contribution in [0.2, 0.25) is 0 Å². The average molecular weight is 395 g/mol. The number of tetrazole rings is 1. The SMILES string of the molecule is CC1=[C-]CC=C1C.[Cl-].[Cl-].[Ti+4].c1ccc2[cH-]c(-n3cnnn3)cc2c1. The Kier molecular flexibility index (Phi) is 9.94. The molecule has 2 aromatic carbocycles. The van der Waals surface area contributed by atoms with Crippen molar-refractivity contribution in [3.05, 3.63) is 66.0 Å². The number of hydrogen-bond donors (Lipinski definition) is 0. The fourth-order valence-corrected chi connectivity index (χ4v) is 2.20. The standard InChI is InChI=1S/C10H7N4.C7H9.2ClH.Ti/c1-2-4-9-6-10(5-8(9)3-1)14-7-11-12-13-14;1-6-4-3-5-7(6)2;;;/h1-7H;4H,3H2,1-2H3;2*1H;/q2*-1;;;+4/p-2. The summed E-state index contributed by atoms with van der Waals surface area (Å²) in [6.45, 7) is 4.22. The predicted molar refractivity (Wildman–Crippen MR) is 83.1 cm³/mol. The molecule has 3 aromatic rings. The molecular formula is C17H16Cl2N4Ti. The van der Waals surface area contributed by atoms with Crippen LogP contribution < -0.4 is 24.8 Å². The Balaban J connectivity index is 0.000000463. The van der Waals surface area contributed by atoms with Gasteiger partial charge in [-0.15, -0.1) is 59.5 Å². The van der Waals surface area contributed by atoms with E-state index >= 15 is 0 Å². The van der Waals surface area contributed by atoms with Crippen molar-refractivity contribution in [2.45, 2.75) is 20.3 Å². The summed E-state index contributed by atoms with van der Waals surface area (Å²) in [5, 5.41) is 13.5. The molecule has 0 amide bonds. The van der Waals surface area contributed by atoms with Gasteiger partial charge in [-0.3, -0.25) is 6.08 Å². The molecule has 0 atom stereocenters. The second-order valence-electron chi connectivity index (χ2n) is 4.99. The molecular weight excluding hydrogens is 379 g/mol. The molecule has 1 aromatic heterocycles. The van der Waals surface area contributed by atoms with Gasteiger partial charge >= 0.3 is 21.7 Å². The molecule has 0 aliphatic heterocycles. The summed E-state index contributed by atoms with van der Waals surface area (Å²) in [4.78, 5) is 0. The molecule has 0 fully saturated rings. The number of fused-ring (bicyclic) bond motifs is 1. The molecule has 0 bridgehead atoms. The summed E-state index contributed by atoms with van der Waals surface area (Å²) in [6, 6.07) is 12.3. The summed E-state index contributed by atoms with van der Waals surface area (Å²) >= 11 is 0. The maximum atomic E-state index is 3.84. The number of aromatic nitrogens is 4. The van der Waals surface area contributed by atoms with Crippen LogP contribution in [0, 0.1) is 6.08 Å². The molecule has 0 saturated carbocycles. The zero-order valence-corrected chi connectivity index (χ0v) is 16.4. The number of rotatable bonds is 1. The van der Waals surface area contributed by atoms with Crippen molar-refractivity contribution in [3.8, 4) is 5.69 Å². The molecule has 0 unspecified atom stereocenters. The van der Waals surface area contributed by atoms with Crippen LogP contribution in [-0.2, 0) is 21.7 Å². The van der Waals surface area contributed by atoms with Gasteiger partial charge in [-0.2, -0.15) is 6.08 Å². The Hall–Kier alpha value is -1.33. The van der Waals surface area contributed by atoms with E-state index in [-0.39, 0.29) is 46.5 Å². The smallest absolute Gasteiger partial charge is 1.00 e. The Morgan fingerprint density at radius 3 is 2.42 bits per heavy atom. The molecule has 1 aliphatic rings. The number of nitrogens with zero attached hydrogens (tertiary/aromatic N) is 4. The number of allylic oxidation sites excluding steroid dienone is 4. The molecule has 4 nitrogen and oxygen atoms in total. The minimum Gasteiger partial charge on any atom is -1.00 e. The van der Waals surface area contributed by atoms with Crippen LogP contribution in [0.4, 0.5) is 0 Å². The van der Waals surface area contributed by atoms with Crippen LogP contribution in [0.25, 0.3) is 16.5 Å². The Morgan fingerprint density at radius 1 is 1.17 bits per heavy atom. The maximum Gasteiger partial charge on any atom is 4.00 e. The van der Waals surface area contributed by atoms with Gasteiger partial charge in [0.15, 0.2) is 0 Å². The molecule has 1 heterocycles. The Morgan fingerprint density at radius 2 is 1.92 bits per heavy atom. The third kappa shape index (κ3) is 5.35. The summed E-state index contributed by atoms with van der Waals surface area (Å²) < 4.78 is 1.65. The first-order chi connectivity index (χ1) is 10.2. The fourth-order valence-electron chi connectivity index (χ4n) is 2.20. The summed E-state index contributed by atoms with van der Waals surface area (Å²) in [6.07, 6.45) is 8.00. The molecule has 122 valence electrons. The van der Waals surface area contributed by atoms with Gasteiger partial charge in [0.1, 0.15) is 6.33 Å². The first-order valence-electron chi connectivity index (χ1n) is 6.87. The average Bonchev–Trinajstić information content (AvgIpc) is 3.21. The Bertz CT molecular complexity index is 758. The van der Waals surface area contributed by atoms with Crippen LogP contribution in [0.15, 0.2) is 59.9 Å². The number of halogens is 2. The van der Waals surface area contributed by atoms with E-state index in [9.17, 15) is 0 Å². The van der Waals surface area contributed by atoms with Crippen molar-refractivity contribution in [1.82, 2.24) is 20.2 Å². The van der Waals surface area contributed by atoms with E-state index in [1.807, 2.05) is 12.1 Å². The molecule has 24 heavy (non-hydrogen) atoms. The van der Waals surface area contributed by atoms with Gasteiger partial charge in [0.2, 0.25) is 0 Å². The molecule has 0 saturated heterocycles. The van der Waals surface area contributed by atoms with Gasteiger partial charge in [0.05, 0.1) is 0 Å². The van der Waals surface area contributed by atoms with E-state index in [4.69, 9.17) is 0 Å². The van der Waals surface area contributed by atoms with Crippen molar-refractivity contribution >= 4 is 10.8 Å². The summed E-state index contributed by atoms with van der Waals surface area (Å²) in [7, 11) is 0. The third-order valence-corrected chi connectivity index (χ3v) is 3.58. The summed E-state index contributed by atoms with van der Waals surface area (Å²) in [5.41, 5.74) is 3.70. The zero-order chi connectivity index (χ0) is 14.7. The van der Waals surface area contributed by atoms with Crippen molar-refractivity contribution < 1.29 is 46.5 Å². The minimum atomic E-state index is 0. The van der Waals surface area contributed by atoms with Crippen molar-refractivity contribution in [2.75, 3.05) is 0 Å². The van der Waals surface area contributed by atoms with Gasteiger partial charge in [-0.1, -0.05) is 13.0 Å². The maximum absolute atomic E-state index is 3.84. The monoisotopic (exact) mass is 394 g/mol. The van der Waals surface area contributed by atoms with Crippen LogP contribution in [0.1, 0.15) is 20.3 Å². The third-order valence-electron chi connectivity index (χ3n) is 3.58.